The Morgan fingerprint density at radius 1 is 1.24 bits per heavy atom. The van der Waals surface area contributed by atoms with E-state index >= 15 is 0 Å². The summed E-state index contributed by atoms with van der Waals surface area (Å²) < 4.78 is 2.69. The molecule has 4 rings (SSSR count). The minimum absolute atomic E-state index is 0.180. The Morgan fingerprint density at radius 3 is 2.88 bits per heavy atom. The number of para-hydroxylation sites is 1. The molecule has 1 amide bonds. The lowest BCUT2D eigenvalue weighted by Gasteiger charge is -2.09. The third-order valence-electron chi connectivity index (χ3n) is 4.36. The monoisotopic (exact) mass is 357 g/mol. The van der Waals surface area contributed by atoms with Gasteiger partial charge in [0.25, 0.3) is 5.56 Å². The molecule has 0 saturated carbocycles. The fraction of sp³-hybridized carbons (Fsp3) is 0.294. The van der Waals surface area contributed by atoms with E-state index in [1.165, 1.54) is 10.8 Å². The largest absolute Gasteiger partial charge is 0.323 e. The van der Waals surface area contributed by atoms with E-state index in [4.69, 9.17) is 11.6 Å². The maximum Gasteiger partial charge on any atom is 0.293 e. The van der Waals surface area contributed by atoms with Crippen LogP contribution in [-0.4, -0.2) is 25.3 Å². The van der Waals surface area contributed by atoms with Crippen molar-refractivity contribution in [2.24, 2.45) is 0 Å². The van der Waals surface area contributed by atoms with Crippen molar-refractivity contribution < 1.29 is 4.79 Å². The molecule has 3 aromatic rings. The van der Waals surface area contributed by atoms with Gasteiger partial charge in [-0.1, -0.05) is 23.7 Å². The predicted molar refractivity (Wildman–Crippen MR) is 94.0 cm³/mol. The van der Waals surface area contributed by atoms with E-state index in [-0.39, 0.29) is 18.0 Å². The van der Waals surface area contributed by atoms with Crippen LogP contribution in [-0.2, 0) is 24.2 Å². The quantitative estimate of drug-likeness (QED) is 0.778. The number of anilines is 1. The molecule has 0 unspecified atom stereocenters. The smallest absolute Gasteiger partial charge is 0.293 e. The third-order valence-corrected chi connectivity index (χ3v) is 4.69. The van der Waals surface area contributed by atoms with E-state index in [1.807, 2.05) is 0 Å². The summed E-state index contributed by atoms with van der Waals surface area (Å²) in [6.07, 6.45) is 5.33. The number of aryl methyl sites for hydroxylation is 2. The number of aromatic nitrogens is 4. The zero-order valence-electron chi connectivity index (χ0n) is 13.4. The Bertz CT molecular complexity index is 1020. The summed E-state index contributed by atoms with van der Waals surface area (Å²) in [5.41, 5.74) is 2.68. The maximum absolute atomic E-state index is 12.7. The Hall–Kier alpha value is -2.67. The van der Waals surface area contributed by atoms with Gasteiger partial charge in [-0.15, -0.1) is 0 Å². The number of nitrogens with zero attached hydrogens (tertiary/aromatic N) is 4. The second-order valence-corrected chi connectivity index (χ2v) is 6.45. The number of rotatable bonds is 3. The van der Waals surface area contributed by atoms with Crippen molar-refractivity contribution in [3.8, 4) is 0 Å². The normalized spacial score (nSPS) is 13.6. The molecule has 1 aromatic carbocycles. The molecule has 0 spiro atoms. The molecule has 0 fully saturated rings. The molecule has 128 valence electrons. The van der Waals surface area contributed by atoms with Crippen molar-refractivity contribution in [1.82, 2.24) is 19.4 Å². The summed E-state index contributed by atoms with van der Waals surface area (Å²) in [6, 6.07) is 6.94. The average molecular weight is 358 g/mol. The third kappa shape index (κ3) is 2.91. The first-order valence-corrected chi connectivity index (χ1v) is 8.52. The topological polar surface area (TPSA) is 81.3 Å². The molecule has 1 N–H and O–H groups in total. The molecule has 25 heavy (non-hydrogen) atoms. The number of carbonyl (C=O) groups excluding carboxylic acids is 1. The molecule has 0 aliphatic heterocycles. The molecular weight excluding hydrogens is 342 g/mol. The Morgan fingerprint density at radius 2 is 2.04 bits per heavy atom. The summed E-state index contributed by atoms with van der Waals surface area (Å²) in [5.74, 6) is -0.361. The minimum atomic E-state index is -0.361. The van der Waals surface area contributed by atoms with Crippen molar-refractivity contribution in [3.63, 3.8) is 0 Å². The van der Waals surface area contributed by atoms with Gasteiger partial charge in [0.1, 0.15) is 18.4 Å². The molecule has 0 atom stereocenters. The van der Waals surface area contributed by atoms with Gasteiger partial charge in [0.15, 0.2) is 0 Å². The van der Waals surface area contributed by atoms with Gasteiger partial charge in [-0.3, -0.25) is 9.59 Å². The summed E-state index contributed by atoms with van der Waals surface area (Å²) in [4.78, 5) is 25.0. The van der Waals surface area contributed by atoms with E-state index in [1.54, 1.807) is 24.3 Å². The van der Waals surface area contributed by atoms with Crippen LogP contribution in [0.15, 0.2) is 35.4 Å². The Kier molecular flexibility index (Phi) is 4.01. The number of hydrogen-bond acceptors (Lipinski definition) is 4. The van der Waals surface area contributed by atoms with Gasteiger partial charge in [-0.2, -0.15) is 10.2 Å². The second-order valence-electron chi connectivity index (χ2n) is 6.05. The van der Waals surface area contributed by atoms with Crippen LogP contribution in [0.25, 0.3) is 5.52 Å². The maximum atomic E-state index is 12.7. The lowest BCUT2D eigenvalue weighted by molar-refractivity contribution is -0.117. The highest BCUT2D eigenvalue weighted by molar-refractivity contribution is 6.33. The van der Waals surface area contributed by atoms with Crippen LogP contribution in [0.5, 0.6) is 0 Å². The van der Waals surface area contributed by atoms with Crippen LogP contribution >= 0.6 is 11.6 Å². The lowest BCUT2D eigenvalue weighted by atomic mass is 9.97. The van der Waals surface area contributed by atoms with Crippen LogP contribution in [0.2, 0.25) is 5.02 Å². The van der Waals surface area contributed by atoms with Gasteiger partial charge >= 0.3 is 0 Å². The number of fused-ring (bicyclic) bond motifs is 3. The van der Waals surface area contributed by atoms with E-state index in [9.17, 15) is 9.59 Å². The van der Waals surface area contributed by atoms with Crippen molar-refractivity contribution in [1.29, 1.82) is 0 Å². The van der Waals surface area contributed by atoms with Gasteiger partial charge in [0.2, 0.25) is 5.91 Å². The number of hydrogen-bond donors (Lipinski definition) is 1. The Balaban J connectivity index is 1.63. The molecular formula is C17H16ClN5O2. The zero-order valence-corrected chi connectivity index (χ0v) is 14.2. The first-order valence-electron chi connectivity index (χ1n) is 8.14. The van der Waals surface area contributed by atoms with Gasteiger partial charge in [0, 0.05) is 5.56 Å². The van der Waals surface area contributed by atoms with Gasteiger partial charge in [-0.25, -0.2) is 9.20 Å². The van der Waals surface area contributed by atoms with Crippen LogP contribution in [0.1, 0.15) is 24.1 Å². The van der Waals surface area contributed by atoms with E-state index < -0.39 is 0 Å². The molecule has 0 radical (unpaired) electrons. The second kappa shape index (κ2) is 6.33. The molecule has 8 heteroatoms. The van der Waals surface area contributed by atoms with Crippen LogP contribution in [0.3, 0.4) is 0 Å². The van der Waals surface area contributed by atoms with Crippen LogP contribution in [0, 0.1) is 0 Å². The molecule has 2 heterocycles. The van der Waals surface area contributed by atoms with E-state index in [0.717, 1.165) is 41.6 Å². The standard InChI is InChI=1S/C17H16ClN5O2/c18-12-6-2-4-8-14(12)20-15(24)9-22-17(25)16-11-5-1-3-7-13(11)21-23(16)10-19-22/h2,4,6,8,10H,1,3,5,7,9H2,(H,20,24). The van der Waals surface area contributed by atoms with Crippen molar-refractivity contribution in [3.05, 3.63) is 57.2 Å². The number of benzene rings is 1. The Labute approximate surface area is 148 Å². The van der Waals surface area contributed by atoms with Crippen LogP contribution in [0.4, 0.5) is 5.69 Å². The first kappa shape index (κ1) is 15.8. The predicted octanol–water partition coefficient (Wildman–Crippen LogP) is 2.06. The fourth-order valence-electron chi connectivity index (χ4n) is 3.17. The highest BCUT2D eigenvalue weighted by Gasteiger charge is 2.20. The summed E-state index contributed by atoms with van der Waals surface area (Å²) >= 11 is 6.03. The minimum Gasteiger partial charge on any atom is -0.323 e. The van der Waals surface area contributed by atoms with Gasteiger partial charge < -0.3 is 5.32 Å². The number of nitrogens with one attached hydrogen (secondary N) is 1. The van der Waals surface area contributed by atoms with Gasteiger partial charge in [-0.05, 0) is 37.8 Å². The lowest BCUT2D eigenvalue weighted by Crippen LogP contribution is -2.31. The molecule has 0 saturated heterocycles. The summed E-state index contributed by atoms with van der Waals surface area (Å²) in [7, 11) is 0. The zero-order chi connectivity index (χ0) is 17.4. The van der Waals surface area contributed by atoms with Crippen molar-refractivity contribution in [2.45, 2.75) is 32.2 Å². The SMILES string of the molecule is O=C(Cn1ncn2nc3c(c2c1=O)CCCC3)Nc1ccccc1Cl. The molecule has 7 nitrogen and oxygen atoms in total. The number of halogens is 1. The fourth-order valence-corrected chi connectivity index (χ4v) is 3.35. The summed E-state index contributed by atoms with van der Waals surface area (Å²) in [5, 5.41) is 11.6. The first-order chi connectivity index (χ1) is 12.1. The number of amides is 1. The van der Waals surface area contributed by atoms with E-state index in [0.29, 0.717) is 16.2 Å². The highest BCUT2D eigenvalue weighted by atomic mass is 35.5. The molecule has 1 aliphatic carbocycles. The van der Waals surface area contributed by atoms with Crippen molar-refractivity contribution in [2.75, 3.05) is 5.32 Å². The van der Waals surface area contributed by atoms with Gasteiger partial charge in [0.05, 0.1) is 16.4 Å². The van der Waals surface area contributed by atoms with E-state index in [2.05, 4.69) is 15.5 Å². The number of carbonyl (C=O) groups is 1. The van der Waals surface area contributed by atoms with Crippen LogP contribution < -0.4 is 10.9 Å². The molecule has 1 aliphatic rings. The average Bonchev–Trinajstić information content (AvgIpc) is 2.99. The summed E-state index contributed by atoms with van der Waals surface area (Å²) in [6.45, 7) is -0.180. The molecule has 0 bridgehead atoms. The van der Waals surface area contributed by atoms with Crippen molar-refractivity contribution >= 4 is 28.7 Å². The molecule has 2 aromatic heterocycles. The highest BCUT2D eigenvalue weighted by Crippen LogP contribution is 2.22.